The Morgan fingerprint density at radius 2 is 2.29 bits per heavy atom. The van der Waals surface area contributed by atoms with Gasteiger partial charge in [-0.1, -0.05) is 5.21 Å². The first kappa shape index (κ1) is 14.3. The van der Waals surface area contributed by atoms with E-state index in [0.717, 1.165) is 5.69 Å². The van der Waals surface area contributed by atoms with E-state index in [2.05, 4.69) is 10.3 Å². The van der Waals surface area contributed by atoms with Crippen molar-refractivity contribution in [3.05, 3.63) is 11.9 Å². The van der Waals surface area contributed by atoms with Gasteiger partial charge in [0.15, 0.2) is 0 Å². The molecule has 0 N–H and O–H groups in total. The lowest BCUT2D eigenvalue weighted by Crippen LogP contribution is -2.50. The molecular formula is C12H15F3N4O2. The van der Waals surface area contributed by atoms with Crippen LogP contribution in [0, 0.1) is 0 Å². The highest BCUT2D eigenvalue weighted by molar-refractivity contribution is 5.76. The number of amides is 1. The van der Waals surface area contributed by atoms with Crippen molar-refractivity contribution in [1.29, 1.82) is 0 Å². The first-order valence-corrected chi connectivity index (χ1v) is 6.79. The van der Waals surface area contributed by atoms with Crippen LogP contribution in [0.2, 0.25) is 0 Å². The minimum atomic E-state index is -4.30. The summed E-state index contributed by atoms with van der Waals surface area (Å²) in [5.74, 6) is -0.474. The summed E-state index contributed by atoms with van der Waals surface area (Å²) in [6.45, 7) is 1.16. The lowest BCUT2D eigenvalue weighted by Gasteiger charge is -2.41. The molecule has 0 spiro atoms. The van der Waals surface area contributed by atoms with Gasteiger partial charge in [-0.25, -0.2) is 4.68 Å². The van der Waals surface area contributed by atoms with Gasteiger partial charge in [-0.2, -0.15) is 13.2 Å². The highest BCUT2D eigenvalue weighted by atomic mass is 19.4. The number of nitrogens with zero attached hydrogens (tertiary/aromatic N) is 4. The molecule has 21 heavy (non-hydrogen) atoms. The van der Waals surface area contributed by atoms with E-state index in [4.69, 9.17) is 4.74 Å². The summed E-state index contributed by atoms with van der Waals surface area (Å²) < 4.78 is 44.0. The van der Waals surface area contributed by atoms with E-state index in [1.54, 1.807) is 10.9 Å². The van der Waals surface area contributed by atoms with Crippen LogP contribution in [0.15, 0.2) is 6.20 Å². The van der Waals surface area contributed by atoms with Crippen molar-refractivity contribution in [1.82, 2.24) is 19.9 Å². The number of carbonyl (C=O) groups excluding carboxylic acids is 1. The third-order valence-corrected chi connectivity index (χ3v) is 3.90. The molecule has 0 aliphatic carbocycles. The molecule has 1 amide bonds. The molecule has 1 fully saturated rings. The van der Waals surface area contributed by atoms with Crippen molar-refractivity contribution >= 4 is 5.91 Å². The summed E-state index contributed by atoms with van der Waals surface area (Å²) in [7, 11) is 0. The second-order valence-electron chi connectivity index (χ2n) is 5.33. The van der Waals surface area contributed by atoms with Gasteiger partial charge in [0.25, 0.3) is 0 Å². The maximum atomic E-state index is 12.2. The standard InChI is InChI=1S/C12H15F3N4O2/c13-12(14,15)3-1-11(20)18-4-2-10-9(6-18)19-8(7-21-10)5-16-17-19/h5,9-10H,1-4,6-7H2/t9-,10-/m0/s1. The van der Waals surface area contributed by atoms with Gasteiger partial charge in [0.1, 0.15) is 0 Å². The number of rotatable bonds is 2. The van der Waals surface area contributed by atoms with Gasteiger partial charge in [-0.05, 0) is 6.42 Å². The zero-order valence-electron chi connectivity index (χ0n) is 11.2. The Kier molecular flexibility index (Phi) is 3.60. The van der Waals surface area contributed by atoms with E-state index in [1.165, 1.54) is 4.90 Å². The zero-order valence-corrected chi connectivity index (χ0v) is 11.2. The number of ether oxygens (including phenoxy) is 1. The Morgan fingerprint density at radius 1 is 1.48 bits per heavy atom. The van der Waals surface area contributed by atoms with Crippen molar-refractivity contribution < 1.29 is 22.7 Å². The van der Waals surface area contributed by atoms with Crippen LogP contribution in [-0.4, -0.2) is 51.2 Å². The third kappa shape index (κ3) is 3.02. The highest BCUT2D eigenvalue weighted by Gasteiger charge is 2.38. The Morgan fingerprint density at radius 3 is 3.05 bits per heavy atom. The van der Waals surface area contributed by atoms with Crippen molar-refractivity contribution in [3.8, 4) is 0 Å². The molecule has 2 aliphatic heterocycles. The van der Waals surface area contributed by atoms with Crippen LogP contribution in [0.3, 0.4) is 0 Å². The Balaban J connectivity index is 1.65. The fraction of sp³-hybridized carbons (Fsp3) is 0.750. The van der Waals surface area contributed by atoms with Gasteiger partial charge >= 0.3 is 6.18 Å². The van der Waals surface area contributed by atoms with E-state index >= 15 is 0 Å². The number of carbonyl (C=O) groups is 1. The molecule has 9 heteroatoms. The first-order chi connectivity index (χ1) is 9.94. The number of hydrogen-bond acceptors (Lipinski definition) is 4. The maximum absolute atomic E-state index is 12.2. The Labute approximate surface area is 118 Å². The molecule has 2 atom stereocenters. The lowest BCUT2D eigenvalue weighted by atomic mass is 10.00. The van der Waals surface area contributed by atoms with Crippen LogP contribution in [-0.2, 0) is 16.1 Å². The fourth-order valence-electron chi connectivity index (χ4n) is 2.81. The van der Waals surface area contributed by atoms with Crippen molar-refractivity contribution in [2.45, 2.75) is 44.2 Å². The number of fused-ring (bicyclic) bond motifs is 3. The summed E-state index contributed by atoms with van der Waals surface area (Å²) in [5.41, 5.74) is 0.820. The number of hydrogen-bond donors (Lipinski definition) is 0. The molecule has 1 saturated heterocycles. The SMILES string of the molecule is O=C(CCC(F)(F)F)N1CC[C@@H]2OCc3cnnn3[C@H]2C1. The number of likely N-dealkylation sites (tertiary alicyclic amines) is 1. The average Bonchev–Trinajstić information content (AvgIpc) is 2.92. The number of halogens is 3. The fourth-order valence-corrected chi connectivity index (χ4v) is 2.81. The molecule has 0 unspecified atom stereocenters. The Hall–Kier alpha value is -1.64. The molecule has 0 radical (unpaired) electrons. The molecule has 0 bridgehead atoms. The molecule has 3 rings (SSSR count). The normalized spacial score (nSPS) is 25.4. The molecule has 2 aliphatic rings. The minimum absolute atomic E-state index is 0.0640. The second kappa shape index (κ2) is 5.28. The summed E-state index contributed by atoms with van der Waals surface area (Å²) in [6, 6.07) is -0.167. The first-order valence-electron chi connectivity index (χ1n) is 6.79. The van der Waals surface area contributed by atoms with Crippen molar-refractivity contribution in [3.63, 3.8) is 0 Å². The molecule has 116 valence electrons. The van der Waals surface area contributed by atoms with Crippen molar-refractivity contribution in [2.75, 3.05) is 13.1 Å². The van der Waals surface area contributed by atoms with Crippen LogP contribution in [0.25, 0.3) is 0 Å². The molecule has 0 saturated carbocycles. The monoisotopic (exact) mass is 304 g/mol. The van der Waals surface area contributed by atoms with Gasteiger partial charge in [-0.3, -0.25) is 4.79 Å². The molecule has 1 aromatic rings. The zero-order chi connectivity index (χ0) is 15.0. The Bertz CT molecular complexity index is 531. The summed E-state index contributed by atoms with van der Waals surface area (Å²) >= 11 is 0. The van der Waals surface area contributed by atoms with Crippen molar-refractivity contribution in [2.24, 2.45) is 0 Å². The summed E-state index contributed by atoms with van der Waals surface area (Å²) in [5, 5.41) is 7.80. The van der Waals surface area contributed by atoms with Gasteiger partial charge in [0, 0.05) is 19.5 Å². The molecule has 6 nitrogen and oxygen atoms in total. The molecule has 3 heterocycles. The van der Waals surface area contributed by atoms with Crippen LogP contribution in [0.5, 0.6) is 0 Å². The predicted molar refractivity (Wildman–Crippen MR) is 64.1 cm³/mol. The lowest BCUT2D eigenvalue weighted by molar-refractivity contribution is -0.152. The maximum Gasteiger partial charge on any atom is 0.389 e. The summed E-state index contributed by atoms with van der Waals surface area (Å²) in [6.07, 6.45) is -3.76. The summed E-state index contributed by atoms with van der Waals surface area (Å²) in [4.78, 5) is 13.4. The molecule has 1 aromatic heterocycles. The van der Waals surface area contributed by atoms with E-state index in [9.17, 15) is 18.0 Å². The van der Waals surface area contributed by atoms with E-state index in [0.29, 0.717) is 26.1 Å². The van der Waals surface area contributed by atoms with Crippen LogP contribution >= 0.6 is 0 Å². The number of aromatic nitrogens is 3. The molecular weight excluding hydrogens is 289 g/mol. The second-order valence-corrected chi connectivity index (χ2v) is 5.33. The minimum Gasteiger partial charge on any atom is -0.370 e. The van der Waals surface area contributed by atoms with Crippen LogP contribution < -0.4 is 0 Å². The average molecular weight is 304 g/mol. The topological polar surface area (TPSA) is 60.3 Å². The quantitative estimate of drug-likeness (QED) is 0.826. The highest BCUT2D eigenvalue weighted by Crippen LogP contribution is 2.30. The van der Waals surface area contributed by atoms with Crippen LogP contribution in [0.1, 0.15) is 31.0 Å². The largest absolute Gasteiger partial charge is 0.389 e. The van der Waals surface area contributed by atoms with Gasteiger partial charge in [0.05, 0.1) is 37.1 Å². The number of piperidine rings is 1. The predicted octanol–water partition coefficient (Wildman–Crippen LogP) is 1.29. The van der Waals surface area contributed by atoms with E-state index < -0.39 is 24.9 Å². The molecule has 0 aromatic carbocycles. The van der Waals surface area contributed by atoms with Crippen LogP contribution in [0.4, 0.5) is 13.2 Å². The third-order valence-electron chi connectivity index (χ3n) is 3.90. The smallest absolute Gasteiger partial charge is 0.370 e. The van der Waals surface area contributed by atoms with Gasteiger partial charge < -0.3 is 9.64 Å². The van der Waals surface area contributed by atoms with Gasteiger partial charge in [0.2, 0.25) is 5.91 Å². The van der Waals surface area contributed by atoms with E-state index in [-0.39, 0.29) is 12.1 Å². The van der Waals surface area contributed by atoms with E-state index in [1.807, 2.05) is 0 Å². The number of alkyl halides is 3. The van der Waals surface area contributed by atoms with Gasteiger partial charge in [-0.15, -0.1) is 5.10 Å².